The van der Waals surface area contributed by atoms with Gasteiger partial charge in [-0.25, -0.2) is 18.2 Å². The van der Waals surface area contributed by atoms with E-state index in [0.29, 0.717) is 55.5 Å². The van der Waals surface area contributed by atoms with Crippen LogP contribution in [-0.2, 0) is 37.4 Å². The van der Waals surface area contributed by atoms with E-state index in [1.807, 2.05) is 17.6 Å². The number of aromatic nitrogens is 2. The monoisotopic (exact) mass is 498 g/mol. The summed E-state index contributed by atoms with van der Waals surface area (Å²) in [4.78, 5) is 17.0. The van der Waals surface area contributed by atoms with Crippen molar-refractivity contribution in [2.75, 3.05) is 32.9 Å². The first kappa shape index (κ1) is 24.7. The van der Waals surface area contributed by atoms with Crippen LogP contribution in [0.4, 0.5) is 0 Å². The second-order valence-corrected chi connectivity index (χ2v) is 9.87. The topological polar surface area (TPSA) is 124 Å². The average Bonchev–Trinajstić information content (AvgIpc) is 3.24. The summed E-state index contributed by atoms with van der Waals surface area (Å²) >= 11 is 0. The summed E-state index contributed by atoms with van der Waals surface area (Å²) in [7, 11) is -3.65. The zero-order valence-corrected chi connectivity index (χ0v) is 20.2. The number of imidazole rings is 1. The van der Waals surface area contributed by atoms with Crippen LogP contribution in [0.15, 0.2) is 47.4 Å². The van der Waals surface area contributed by atoms with E-state index in [1.54, 1.807) is 42.5 Å². The lowest BCUT2D eigenvalue weighted by Crippen LogP contribution is -2.40. The number of morpholine rings is 1. The quantitative estimate of drug-likeness (QED) is 0.412. The molecule has 1 aromatic heterocycles. The molecule has 1 aliphatic rings. The summed E-state index contributed by atoms with van der Waals surface area (Å²) in [6.07, 6.45) is 0.821. The van der Waals surface area contributed by atoms with E-state index in [-0.39, 0.29) is 18.1 Å². The van der Waals surface area contributed by atoms with Crippen LogP contribution in [0, 0.1) is 11.3 Å². The molecule has 0 unspecified atom stereocenters. The molecule has 0 N–H and O–H groups in total. The van der Waals surface area contributed by atoms with Crippen LogP contribution in [0.25, 0.3) is 11.0 Å². The second kappa shape index (κ2) is 10.9. The van der Waals surface area contributed by atoms with Crippen LogP contribution in [0.2, 0.25) is 0 Å². The Labute approximate surface area is 203 Å². The number of aryl methyl sites for hydroxylation is 1. The zero-order chi connectivity index (χ0) is 24.8. The number of nitrogens with zero attached hydrogens (tertiary/aromatic N) is 4. The Kier molecular flexibility index (Phi) is 7.65. The van der Waals surface area contributed by atoms with Gasteiger partial charge in [0.25, 0.3) is 0 Å². The predicted octanol–water partition coefficient (Wildman–Crippen LogP) is 2.46. The van der Waals surface area contributed by atoms with Crippen LogP contribution in [0.1, 0.15) is 24.7 Å². The van der Waals surface area contributed by atoms with Crippen LogP contribution >= 0.6 is 0 Å². The summed E-state index contributed by atoms with van der Waals surface area (Å²) in [5.74, 6) is 0.405. The van der Waals surface area contributed by atoms with Gasteiger partial charge in [0.2, 0.25) is 10.0 Å². The van der Waals surface area contributed by atoms with Crippen molar-refractivity contribution in [2.45, 2.75) is 31.4 Å². The van der Waals surface area contributed by atoms with Crippen molar-refractivity contribution in [3.63, 3.8) is 0 Å². The van der Waals surface area contributed by atoms with E-state index in [9.17, 15) is 13.2 Å². The summed E-state index contributed by atoms with van der Waals surface area (Å²) in [5.41, 5.74) is 1.79. The number of nitriles is 1. The highest BCUT2D eigenvalue weighted by atomic mass is 32.2. The third kappa shape index (κ3) is 5.62. The molecule has 0 atom stereocenters. The molecule has 10 nitrogen and oxygen atoms in total. The highest BCUT2D eigenvalue weighted by Crippen LogP contribution is 2.24. The van der Waals surface area contributed by atoms with Crippen LogP contribution in [0.5, 0.6) is 5.75 Å². The van der Waals surface area contributed by atoms with Crippen molar-refractivity contribution in [1.29, 1.82) is 5.26 Å². The molecule has 2 aromatic carbocycles. The van der Waals surface area contributed by atoms with Crippen LogP contribution < -0.4 is 4.74 Å². The number of fused-ring (bicyclic) bond motifs is 1. The fourth-order valence-electron chi connectivity index (χ4n) is 3.79. The lowest BCUT2D eigenvalue weighted by Gasteiger charge is -2.26. The van der Waals surface area contributed by atoms with Gasteiger partial charge >= 0.3 is 5.97 Å². The van der Waals surface area contributed by atoms with Crippen LogP contribution in [-0.4, -0.2) is 61.2 Å². The van der Waals surface area contributed by atoms with E-state index >= 15 is 0 Å². The summed E-state index contributed by atoms with van der Waals surface area (Å²) < 4.78 is 45.4. The Bertz CT molecular complexity index is 1340. The van der Waals surface area contributed by atoms with Gasteiger partial charge in [-0.05, 0) is 48.9 Å². The Hall–Kier alpha value is -3.46. The molecule has 2 heterocycles. The van der Waals surface area contributed by atoms with Gasteiger partial charge in [-0.1, -0.05) is 6.92 Å². The number of carbonyl (C=O) groups excluding carboxylic acids is 1. The van der Waals surface area contributed by atoms with Gasteiger partial charge in [-0.3, -0.25) is 0 Å². The number of benzene rings is 2. The normalized spacial score (nSPS) is 14.5. The van der Waals surface area contributed by atoms with E-state index in [0.717, 1.165) is 11.9 Å². The Morgan fingerprint density at radius 2 is 1.91 bits per heavy atom. The molecule has 0 radical (unpaired) electrons. The fourth-order valence-corrected chi connectivity index (χ4v) is 5.22. The van der Waals surface area contributed by atoms with Gasteiger partial charge < -0.3 is 18.8 Å². The molecule has 35 heavy (non-hydrogen) atoms. The standard InChI is InChI=1S/C24H26N4O6S/c1-2-9-28-22-8-7-20(35(30,31)27-10-12-32-13-11-27)14-21(22)26-23(28)16-34-24(29)17-33-19-5-3-18(15-25)4-6-19/h3-8,14H,2,9-13,16-17H2,1H3. The van der Waals surface area contributed by atoms with E-state index in [1.165, 1.54) is 4.31 Å². The molecule has 0 amide bonds. The highest BCUT2D eigenvalue weighted by Gasteiger charge is 2.27. The molecule has 0 bridgehead atoms. The molecule has 1 fully saturated rings. The van der Waals surface area contributed by atoms with Crippen molar-refractivity contribution in [2.24, 2.45) is 0 Å². The lowest BCUT2D eigenvalue weighted by atomic mass is 10.2. The maximum Gasteiger partial charge on any atom is 0.344 e. The van der Waals surface area contributed by atoms with Gasteiger partial charge in [-0.15, -0.1) is 0 Å². The largest absolute Gasteiger partial charge is 0.482 e. The minimum Gasteiger partial charge on any atom is -0.482 e. The van der Waals surface area contributed by atoms with Gasteiger partial charge in [0.05, 0.1) is 40.8 Å². The second-order valence-electron chi connectivity index (χ2n) is 7.93. The predicted molar refractivity (Wildman–Crippen MR) is 126 cm³/mol. The van der Waals surface area contributed by atoms with E-state index in [4.69, 9.17) is 19.5 Å². The number of esters is 1. The van der Waals surface area contributed by atoms with E-state index in [2.05, 4.69) is 4.98 Å². The molecular weight excluding hydrogens is 472 g/mol. The van der Waals surface area contributed by atoms with Gasteiger partial charge in [0, 0.05) is 19.6 Å². The minimum atomic E-state index is -3.65. The lowest BCUT2D eigenvalue weighted by molar-refractivity contribution is -0.147. The first-order valence-corrected chi connectivity index (χ1v) is 12.7. The van der Waals surface area contributed by atoms with Gasteiger partial charge in [-0.2, -0.15) is 9.57 Å². The molecule has 1 saturated heterocycles. The molecule has 0 spiro atoms. The summed E-state index contributed by atoms with van der Waals surface area (Å²) in [6.45, 7) is 3.67. The van der Waals surface area contributed by atoms with Crippen molar-refractivity contribution in [3.05, 3.63) is 53.9 Å². The third-order valence-electron chi connectivity index (χ3n) is 5.56. The molecule has 11 heteroatoms. The average molecular weight is 499 g/mol. The molecule has 3 aromatic rings. The van der Waals surface area contributed by atoms with Crippen molar-refractivity contribution >= 4 is 27.0 Å². The minimum absolute atomic E-state index is 0.0736. The number of rotatable bonds is 9. The highest BCUT2D eigenvalue weighted by molar-refractivity contribution is 7.89. The Morgan fingerprint density at radius 1 is 1.17 bits per heavy atom. The molecule has 0 saturated carbocycles. The van der Waals surface area contributed by atoms with Crippen molar-refractivity contribution < 1.29 is 27.4 Å². The Balaban J connectivity index is 1.47. The number of sulfonamides is 1. The number of hydrogen-bond acceptors (Lipinski definition) is 8. The molecule has 1 aliphatic heterocycles. The maximum atomic E-state index is 13.0. The van der Waals surface area contributed by atoms with E-state index < -0.39 is 16.0 Å². The van der Waals surface area contributed by atoms with Crippen molar-refractivity contribution in [1.82, 2.24) is 13.9 Å². The fraction of sp³-hybridized carbons (Fsp3) is 0.375. The third-order valence-corrected chi connectivity index (χ3v) is 7.45. The SMILES string of the molecule is CCCn1c(COC(=O)COc2ccc(C#N)cc2)nc2cc(S(=O)(=O)N3CCOCC3)ccc21. The molecular formula is C24H26N4O6S. The molecule has 184 valence electrons. The van der Waals surface area contributed by atoms with Gasteiger partial charge in [0.15, 0.2) is 6.61 Å². The number of carbonyl (C=O) groups is 1. The number of hydrogen-bond donors (Lipinski definition) is 0. The number of ether oxygens (including phenoxy) is 3. The van der Waals surface area contributed by atoms with Crippen molar-refractivity contribution in [3.8, 4) is 11.8 Å². The molecule has 4 rings (SSSR count). The smallest absolute Gasteiger partial charge is 0.344 e. The van der Waals surface area contributed by atoms with Gasteiger partial charge in [0.1, 0.15) is 18.2 Å². The summed E-state index contributed by atoms with van der Waals surface area (Å²) in [6, 6.07) is 13.3. The molecule has 0 aliphatic carbocycles. The zero-order valence-electron chi connectivity index (χ0n) is 19.3. The summed E-state index contributed by atoms with van der Waals surface area (Å²) in [5, 5.41) is 8.84. The Morgan fingerprint density at radius 3 is 2.60 bits per heavy atom. The van der Waals surface area contributed by atoms with Crippen LogP contribution in [0.3, 0.4) is 0 Å². The first-order valence-electron chi connectivity index (χ1n) is 11.3. The maximum absolute atomic E-state index is 13.0. The first-order chi connectivity index (χ1) is 16.9.